The molecule has 0 atom stereocenters. The molecule has 0 radical (unpaired) electrons. The van der Waals surface area contributed by atoms with Gasteiger partial charge in [-0.15, -0.1) is 0 Å². The standard InChI is InChI=1S/C16H15ClN2O3/c17-11-3-4-12-13(10-11)22-16(14-2-1-7-19(12)14)5-8-18(9-6-16)15(20)21/h1-4,7,10H,5-6,8-9H2,(H,20,21). The van der Waals surface area contributed by atoms with Gasteiger partial charge in [0, 0.05) is 43.2 Å². The molecule has 22 heavy (non-hydrogen) atoms. The van der Waals surface area contributed by atoms with E-state index in [0.29, 0.717) is 31.0 Å². The van der Waals surface area contributed by atoms with E-state index in [4.69, 9.17) is 21.4 Å². The van der Waals surface area contributed by atoms with E-state index in [9.17, 15) is 4.79 Å². The Balaban J connectivity index is 1.76. The third-order valence-corrected chi connectivity index (χ3v) is 4.78. The van der Waals surface area contributed by atoms with Crippen LogP contribution in [0.5, 0.6) is 5.75 Å². The van der Waals surface area contributed by atoms with E-state index in [-0.39, 0.29) is 0 Å². The van der Waals surface area contributed by atoms with Crippen LogP contribution in [0.1, 0.15) is 18.5 Å². The Kier molecular flexibility index (Phi) is 2.87. The predicted molar refractivity (Wildman–Crippen MR) is 81.9 cm³/mol. The zero-order valence-corrected chi connectivity index (χ0v) is 12.6. The van der Waals surface area contributed by atoms with Gasteiger partial charge in [0.1, 0.15) is 5.75 Å². The minimum atomic E-state index is -0.871. The van der Waals surface area contributed by atoms with Crippen LogP contribution in [0.25, 0.3) is 5.69 Å². The molecule has 114 valence electrons. The molecule has 0 unspecified atom stereocenters. The summed E-state index contributed by atoms with van der Waals surface area (Å²) in [7, 11) is 0. The lowest BCUT2D eigenvalue weighted by Crippen LogP contribution is -2.49. The van der Waals surface area contributed by atoms with Crippen molar-refractivity contribution in [2.45, 2.75) is 18.4 Å². The normalized spacial score (nSPS) is 18.5. The SMILES string of the molecule is O=C(O)N1CCC2(CC1)Oc1cc(Cl)ccc1-n1cccc12. The lowest BCUT2D eigenvalue weighted by Gasteiger charge is -2.44. The molecule has 6 heteroatoms. The van der Waals surface area contributed by atoms with Gasteiger partial charge >= 0.3 is 6.09 Å². The first-order valence-electron chi connectivity index (χ1n) is 7.24. The van der Waals surface area contributed by atoms with Crippen LogP contribution in [-0.2, 0) is 5.60 Å². The molecule has 1 amide bonds. The van der Waals surface area contributed by atoms with Crippen molar-refractivity contribution in [2.75, 3.05) is 13.1 Å². The first-order valence-corrected chi connectivity index (χ1v) is 7.61. The van der Waals surface area contributed by atoms with Crippen molar-refractivity contribution in [3.8, 4) is 11.4 Å². The average molecular weight is 319 g/mol. The summed E-state index contributed by atoms with van der Waals surface area (Å²) in [5.41, 5.74) is 1.57. The van der Waals surface area contributed by atoms with Gasteiger partial charge in [0.05, 0.1) is 11.4 Å². The van der Waals surface area contributed by atoms with Gasteiger partial charge in [-0.3, -0.25) is 0 Å². The minimum Gasteiger partial charge on any atom is -0.479 e. The highest BCUT2D eigenvalue weighted by Gasteiger charge is 2.44. The van der Waals surface area contributed by atoms with Crippen LogP contribution in [-0.4, -0.2) is 33.8 Å². The Bertz CT molecular complexity index is 748. The highest BCUT2D eigenvalue weighted by Crippen LogP contribution is 2.45. The minimum absolute atomic E-state index is 0.469. The van der Waals surface area contributed by atoms with E-state index in [1.165, 1.54) is 4.90 Å². The van der Waals surface area contributed by atoms with Crippen LogP contribution in [0, 0.1) is 0 Å². The number of amides is 1. The van der Waals surface area contributed by atoms with Gasteiger partial charge in [-0.1, -0.05) is 11.6 Å². The summed E-state index contributed by atoms with van der Waals surface area (Å²) in [5.74, 6) is 0.750. The largest absolute Gasteiger partial charge is 0.479 e. The van der Waals surface area contributed by atoms with Crippen molar-refractivity contribution in [3.05, 3.63) is 47.2 Å². The smallest absolute Gasteiger partial charge is 0.407 e. The predicted octanol–water partition coefficient (Wildman–Crippen LogP) is 3.49. The first kappa shape index (κ1) is 13.5. The molecule has 1 N–H and O–H groups in total. The molecular weight excluding hydrogens is 304 g/mol. The molecule has 3 heterocycles. The zero-order chi connectivity index (χ0) is 15.3. The van der Waals surface area contributed by atoms with E-state index in [2.05, 4.69) is 4.57 Å². The van der Waals surface area contributed by atoms with Gasteiger partial charge in [0.25, 0.3) is 0 Å². The number of aromatic nitrogens is 1. The maximum absolute atomic E-state index is 11.1. The second-order valence-corrected chi connectivity index (χ2v) is 6.18. The summed E-state index contributed by atoms with van der Waals surface area (Å²) in [5, 5.41) is 9.77. The monoisotopic (exact) mass is 318 g/mol. The quantitative estimate of drug-likeness (QED) is 0.809. The van der Waals surface area contributed by atoms with Crippen molar-refractivity contribution >= 4 is 17.7 Å². The van der Waals surface area contributed by atoms with Crippen LogP contribution in [0.15, 0.2) is 36.5 Å². The molecule has 2 aliphatic heterocycles. The highest BCUT2D eigenvalue weighted by molar-refractivity contribution is 6.30. The number of halogens is 1. The van der Waals surface area contributed by atoms with Crippen LogP contribution in [0.3, 0.4) is 0 Å². The second kappa shape index (κ2) is 4.68. The Morgan fingerprint density at radius 2 is 2.05 bits per heavy atom. The van der Waals surface area contributed by atoms with Crippen molar-refractivity contribution in [1.82, 2.24) is 9.47 Å². The van der Waals surface area contributed by atoms with Crippen molar-refractivity contribution in [2.24, 2.45) is 0 Å². The highest BCUT2D eigenvalue weighted by atomic mass is 35.5. The molecule has 2 aromatic rings. The van der Waals surface area contributed by atoms with Crippen LogP contribution in [0.2, 0.25) is 5.02 Å². The van der Waals surface area contributed by atoms with E-state index < -0.39 is 11.7 Å². The molecule has 4 rings (SSSR count). The average Bonchev–Trinajstić information content (AvgIpc) is 2.98. The molecule has 5 nitrogen and oxygen atoms in total. The first-order chi connectivity index (χ1) is 10.6. The Morgan fingerprint density at radius 1 is 1.27 bits per heavy atom. The Morgan fingerprint density at radius 3 is 2.77 bits per heavy atom. The fraction of sp³-hybridized carbons (Fsp3) is 0.312. The number of likely N-dealkylation sites (tertiary alicyclic amines) is 1. The number of hydrogen-bond acceptors (Lipinski definition) is 2. The summed E-state index contributed by atoms with van der Waals surface area (Å²) >= 11 is 6.09. The topological polar surface area (TPSA) is 54.7 Å². The summed E-state index contributed by atoms with van der Waals surface area (Å²) in [6.45, 7) is 0.937. The molecule has 0 saturated carbocycles. The summed E-state index contributed by atoms with van der Waals surface area (Å²) < 4.78 is 8.45. The molecular formula is C16H15ClN2O3. The summed E-state index contributed by atoms with van der Waals surface area (Å²) in [6.07, 6.45) is 2.41. The molecule has 1 spiro atoms. The van der Waals surface area contributed by atoms with Crippen molar-refractivity contribution in [3.63, 3.8) is 0 Å². The number of carbonyl (C=O) groups is 1. The van der Waals surface area contributed by atoms with Crippen LogP contribution in [0.4, 0.5) is 4.79 Å². The Hall–Kier alpha value is -2.14. The number of carboxylic acid groups (broad SMARTS) is 1. The summed E-state index contributed by atoms with van der Waals surface area (Å²) in [4.78, 5) is 12.6. The number of hydrogen-bond donors (Lipinski definition) is 1. The number of rotatable bonds is 0. The lowest BCUT2D eigenvalue weighted by molar-refractivity contribution is -0.00890. The van der Waals surface area contributed by atoms with E-state index in [0.717, 1.165) is 17.1 Å². The van der Waals surface area contributed by atoms with Gasteiger partial charge in [0.15, 0.2) is 5.60 Å². The Labute approximate surface area is 132 Å². The number of benzene rings is 1. The fourth-order valence-corrected chi connectivity index (χ4v) is 3.57. The number of ether oxygens (including phenoxy) is 1. The van der Waals surface area contributed by atoms with Gasteiger partial charge < -0.3 is 19.3 Å². The number of fused-ring (bicyclic) bond motifs is 4. The van der Waals surface area contributed by atoms with Crippen LogP contribution < -0.4 is 4.74 Å². The maximum atomic E-state index is 11.1. The molecule has 1 saturated heterocycles. The van der Waals surface area contributed by atoms with E-state index in [1.54, 1.807) is 0 Å². The van der Waals surface area contributed by atoms with Gasteiger partial charge in [-0.05, 0) is 24.3 Å². The third kappa shape index (κ3) is 1.89. The molecule has 2 aliphatic rings. The molecule has 1 fully saturated rings. The summed E-state index contributed by atoms with van der Waals surface area (Å²) in [6, 6.07) is 9.66. The fourth-order valence-electron chi connectivity index (χ4n) is 3.41. The van der Waals surface area contributed by atoms with Gasteiger partial charge in [-0.2, -0.15) is 0 Å². The maximum Gasteiger partial charge on any atom is 0.407 e. The van der Waals surface area contributed by atoms with Gasteiger partial charge in [0.2, 0.25) is 0 Å². The molecule has 1 aromatic carbocycles. The molecule has 0 aliphatic carbocycles. The molecule has 1 aromatic heterocycles. The number of nitrogens with zero attached hydrogens (tertiary/aromatic N) is 2. The van der Waals surface area contributed by atoms with Crippen molar-refractivity contribution < 1.29 is 14.6 Å². The van der Waals surface area contributed by atoms with Gasteiger partial charge in [-0.25, -0.2) is 4.79 Å². The lowest BCUT2D eigenvalue weighted by atomic mass is 9.86. The van der Waals surface area contributed by atoms with Crippen molar-refractivity contribution in [1.29, 1.82) is 0 Å². The molecule has 0 bridgehead atoms. The van der Waals surface area contributed by atoms with E-state index >= 15 is 0 Å². The van der Waals surface area contributed by atoms with E-state index in [1.807, 2.05) is 36.5 Å². The number of piperidine rings is 1. The zero-order valence-electron chi connectivity index (χ0n) is 11.8. The second-order valence-electron chi connectivity index (χ2n) is 5.74. The van der Waals surface area contributed by atoms with Crippen LogP contribution >= 0.6 is 11.6 Å². The third-order valence-electron chi connectivity index (χ3n) is 4.54.